The number of hydrogen-bond donors (Lipinski definition) is 2. The minimum atomic E-state index is -0.332. The molecule has 0 spiro atoms. The van der Waals surface area contributed by atoms with Gasteiger partial charge in [-0.3, -0.25) is 9.59 Å². The molecule has 26 heavy (non-hydrogen) atoms. The molecule has 1 aliphatic rings. The van der Waals surface area contributed by atoms with Gasteiger partial charge >= 0.3 is 0 Å². The van der Waals surface area contributed by atoms with E-state index in [1.807, 2.05) is 25.1 Å². The lowest BCUT2D eigenvalue weighted by atomic mass is 9.88. The first-order chi connectivity index (χ1) is 12.5. The van der Waals surface area contributed by atoms with Crippen LogP contribution in [-0.2, 0) is 4.79 Å². The SMILES string of the molecule is CCOc1ccc(C(C[C@H]2CCC(=O)N2)c2ccc(Cl)c(=O)[nH]2)cc1Cl. The predicted octanol–water partition coefficient (Wildman–Crippen LogP) is 3.88. The molecule has 1 saturated heterocycles. The van der Waals surface area contributed by atoms with Gasteiger partial charge in [-0.2, -0.15) is 0 Å². The van der Waals surface area contributed by atoms with Crippen molar-refractivity contribution in [2.24, 2.45) is 0 Å². The highest BCUT2D eigenvalue weighted by molar-refractivity contribution is 6.32. The van der Waals surface area contributed by atoms with Crippen LogP contribution in [0, 0.1) is 0 Å². The molecule has 2 atom stereocenters. The third-order valence-electron chi connectivity index (χ3n) is 4.52. The van der Waals surface area contributed by atoms with E-state index in [-0.39, 0.29) is 28.4 Å². The minimum Gasteiger partial charge on any atom is -0.492 e. The minimum absolute atomic E-state index is 0.0528. The Morgan fingerprint density at radius 2 is 2.00 bits per heavy atom. The van der Waals surface area contributed by atoms with Crippen LogP contribution >= 0.6 is 23.2 Å². The van der Waals surface area contributed by atoms with Gasteiger partial charge in [0, 0.05) is 24.1 Å². The quantitative estimate of drug-likeness (QED) is 0.780. The normalized spacial score (nSPS) is 17.8. The molecule has 1 amide bonds. The van der Waals surface area contributed by atoms with Crippen LogP contribution in [0.5, 0.6) is 5.75 Å². The summed E-state index contributed by atoms with van der Waals surface area (Å²) in [5.41, 5.74) is 1.35. The largest absolute Gasteiger partial charge is 0.492 e. The van der Waals surface area contributed by atoms with Crippen LogP contribution in [0.2, 0.25) is 10.0 Å². The summed E-state index contributed by atoms with van der Waals surface area (Å²) in [6, 6.07) is 9.06. The van der Waals surface area contributed by atoms with Crippen LogP contribution in [0.25, 0.3) is 0 Å². The number of H-pyrrole nitrogens is 1. The van der Waals surface area contributed by atoms with Crippen molar-refractivity contribution in [1.29, 1.82) is 0 Å². The fourth-order valence-electron chi connectivity index (χ4n) is 3.26. The van der Waals surface area contributed by atoms with Gasteiger partial charge in [0.15, 0.2) is 0 Å². The summed E-state index contributed by atoms with van der Waals surface area (Å²) in [6.45, 7) is 2.43. The van der Waals surface area contributed by atoms with Gasteiger partial charge in [0.1, 0.15) is 10.8 Å². The van der Waals surface area contributed by atoms with Crippen molar-refractivity contribution in [3.8, 4) is 5.75 Å². The van der Waals surface area contributed by atoms with E-state index in [1.54, 1.807) is 12.1 Å². The number of carbonyl (C=O) groups is 1. The average Bonchev–Trinajstić information content (AvgIpc) is 3.02. The van der Waals surface area contributed by atoms with Gasteiger partial charge in [0.2, 0.25) is 5.91 Å². The first-order valence-electron chi connectivity index (χ1n) is 8.58. The molecule has 1 fully saturated rings. The van der Waals surface area contributed by atoms with Crippen molar-refractivity contribution in [1.82, 2.24) is 10.3 Å². The summed E-state index contributed by atoms with van der Waals surface area (Å²) >= 11 is 12.2. The number of hydrogen-bond acceptors (Lipinski definition) is 3. The van der Waals surface area contributed by atoms with Gasteiger partial charge in [-0.1, -0.05) is 29.3 Å². The van der Waals surface area contributed by atoms with Crippen molar-refractivity contribution in [2.45, 2.75) is 38.1 Å². The molecule has 138 valence electrons. The molecule has 7 heteroatoms. The van der Waals surface area contributed by atoms with Crippen molar-refractivity contribution >= 4 is 29.1 Å². The second kappa shape index (κ2) is 8.14. The van der Waals surface area contributed by atoms with E-state index in [4.69, 9.17) is 27.9 Å². The van der Waals surface area contributed by atoms with E-state index < -0.39 is 0 Å². The van der Waals surface area contributed by atoms with E-state index in [9.17, 15) is 9.59 Å². The number of halogens is 2. The van der Waals surface area contributed by atoms with Crippen LogP contribution < -0.4 is 15.6 Å². The molecule has 0 saturated carbocycles. The third kappa shape index (κ3) is 4.22. The number of rotatable bonds is 6. The second-order valence-electron chi connectivity index (χ2n) is 6.31. The van der Waals surface area contributed by atoms with Crippen LogP contribution in [-0.4, -0.2) is 23.5 Å². The molecular weight excluding hydrogens is 375 g/mol. The molecule has 1 aromatic carbocycles. The number of amides is 1. The zero-order chi connectivity index (χ0) is 18.7. The van der Waals surface area contributed by atoms with Crippen molar-refractivity contribution < 1.29 is 9.53 Å². The third-order valence-corrected chi connectivity index (χ3v) is 5.12. The predicted molar refractivity (Wildman–Crippen MR) is 102 cm³/mol. The Kier molecular flexibility index (Phi) is 5.89. The number of aromatic nitrogens is 1. The lowest BCUT2D eigenvalue weighted by Crippen LogP contribution is -2.28. The highest BCUT2D eigenvalue weighted by Gasteiger charge is 2.27. The molecule has 2 aromatic rings. The second-order valence-corrected chi connectivity index (χ2v) is 7.12. The van der Waals surface area contributed by atoms with E-state index in [1.165, 1.54) is 0 Å². The topological polar surface area (TPSA) is 71.2 Å². The lowest BCUT2D eigenvalue weighted by Gasteiger charge is -2.22. The van der Waals surface area contributed by atoms with Crippen molar-refractivity contribution in [3.63, 3.8) is 0 Å². The molecule has 0 aliphatic carbocycles. The van der Waals surface area contributed by atoms with Crippen LogP contribution in [0.3, 0.4) is 0 Å². The van der Waals surface area contributed by atoms with E-state index in [0.717, 1.165) is 17.7 Å². The maximum atomic E-state index is 12.0. The molecular formula is C19H20Cl2N2O3. The smallest absolute Gasteiger partial charge is 0.266 e. The Labute approximate surface area is 161 Å². The highest BCUT2D eigenvalue weighted by atomic mass is 35.5. The van der Waals surface area contributed by atoms with Crippen molar-refractivity contribution in [3.05, 3.63) is 62.0 Å². The van der Waals surface area contributed by atoms with Gasteiger partial charge in [-0.15, -0.1) is 0 Å². The lowest BCUT2D eigenvalue weighted by molar-refractivity contribution is -0.119. The van der Waals surface area contributed by atoms with Crippen LogP contribution in [0.4, 0.5) is 0 Å². The van der Waals surface area contributed by atoms with Gasteiger partial charge in [0.05, 0.1) is 11.6 Å². The monoisotopic (exact) mass is 394 g/mol. The summed E-state index contributed by atoms with van der Waals surface area (Å²) < 4.78 is 5.50. The molecule has 1 aromatic heterocycles. The first-order valence-corrected chi connectivity index (χ1v) is 9.34. The molecule has 2 N–H and O–H groups in total. The van der Waals surface area contributed by atoms with Gasteiger partial charge in [0.25, 0.3) is 5.56 Å². The molecule has 3 rings (SSSR count). The molecule has 0 bridgehead atoms. The van der Waals surface area contributed by atoms with E-state index in [2.05, 4.69) is 10.3 Å². The number of pyridine rings is 1. The number of nitrogens with one attached hydrogen (secondary N) is 2. The van der Waals surface area contributed by atoms with Gasteiger partial charge in [-0.05, 0) is 49.6 Å². The summed E-state index contributed by atoms with van der Waals surface area (Å²) in [6.07, 6.45) is 1.96. The molecule has 1 aliphatic heterocycles. The number of benzene rings is 1. The van der Waals surface area contributed by atoms with Crippen LogP contribution in [0.1, 0.15) is 43.4 Å². The Bertz CT molecular complexity index is 866. The highest BCUT2D eigenvalue weighted by Crippen LogP contribution is 2.34. The van der Waals surface area contributed by atoms with Crippen LogP contribution in [0.15, 0.2) is 35.1 Å². The summed E-state index contributed by atoms with van der Waals surface area (Å²) in [7, 11) is 0. The average molecular weight is 395 g/mol. The molecule has 1 unspecified atom stereocenters. The number of aromatic amines is 1. The molecule has 0 radical (unpaired) electrons. The molecule has 2 heterocycles. The standard InChI is InChI=1S/C19H20Cl2N2O3/c1-2-26-17-7-3-11(9-15(17)21)13(10-12-4-8-18(24)22-12)16-6-5-14(20)19(25)23-16/h3,5-7,9,12-13H,2,4,8,10H2,1H3,(H,22,24)(H,23,25)/t12-,13?/m1/s1. The van der Waals surface area contributed by atoms with E-state index >= 15 is 0 Å². The maximum absolute atomic E-state index is 12.0. The zero-order valence-corrected chi connectivity index (χ0v) is 15.9. The first kappa shape index (κ1) is 18.8. The summed E-state index contributed by atoms with van der Waals surface area (Å²) in [5, 5.41) is 3.64. The summed E-state index contributed by atoms with van der Waals surface area (Å²) in [4.78, 5) is 26.4. The summed E-state index contributed by atoms with van der Waals surface area (Å²) in [5.74, 6) is 0.551. The van der Waals surface area contributed by atoms with Crippen molar-refractivity contribution in [2.75, 3.05) is 6.61 Å². The molecule has 5 nitrogen and oxygen atoms in total. The maximum Gasteiger partial charge on any atom is 0.266 e. The number of ether oxygens (including phenoxy) is 1. The fraction of sp³-hybridized carbons (Fsp3) is 0.368. The van der Waals surface area contributed by atoms with E-state index in [0.29, 0.717) is 30.2 Å². The number of carbonyl (C=O) groups excluding carboxylic acids is 1. The Hall–Kier alpha value is -1.98. The zero-order valence-electron chi connectivity index (χ0n) is 14.4. The van der Waals surface area contributed by atoms with Gasteiger partial charge < -0.3 is 15.0 Å². The fourth-order valence-corrected chi connectivity index (χ4v) is 3.62. The Morgan fingerprint density at radius 1 is 1.19 bits per heavy atom. The Balaban J connectivity index is 1.96. The Morgan fingerprint density at radius 3 is 2.62 bits per heavy atom. The van der Waals surface area contributed by atoms with Gasteiger partial charge in [-0.25, -0.2) is 0 Å².